The minimum absolute atomic E-state index is 0.168. The monoisotopic (exact) mass is 383 g/mol. The summed E-state index contributed by atoms with van der Waals surface area (Å²) < 4.78 is 12.0. The predicted molar refractivity (Wildman–Crippen MR) is 88.3 cm³/mol. The molecule has 0 spiro atoms. The molecule has 0 saturated carbocycles. The van der Waals surface area contributed by atoms with Crippen LogP contribution in [0.4, 0.5) is 11.6 Å². The third-order valence-corrected chi connectivity index (χ3v) is 3.80. The van der Waals surface area contributed by atoms with E-state index in [4.69, 9.17) is 15.2 Å². The van der Waals surface area contributed by atoms with E-state index in [0.717, 1.165) is 0 Å². The van der Waals surface area contributed by atoms with Crippen molar-refractivity contribution in [1.82, 2.24) is 9.66 Å². The Hall–Kier alpha value is -2.62. The van der Waals surface area contributed by atoms with Gasteiger partial charge in [-0.15, -0.1) is 0 Å². The molecule has 10 heteroatoms. The van der Waals surface area contributed by atoms with Gasteiger partial charge in [0.2, 0.25) is 5.95 Å². The SMILES string of the molecule is COc1cc([N+](=O)[O-])c(Br)c(C=Nn2cc(C)nc2N)c1OC. The van der Waals surface area contributed by atoms with Gasteiger partial charge in [-0.2, -0.15) is 5.10 Å². The van der Waals surface area contributed by atoms with Crippen LogP contribution in [0.15, 0.2) is 21.8 Å². The fourth-order valence-electron chi connectivity index (χ4n) is 1.95. The summed E-state index contributed by atoms with van der Waals surface area (Å²) in [5.41, 5.74) is 6.59. The smallest absolute Gasteiger partial charge is 0.288 e. The Morgan fingerprint density at radius 1 is 1.48 bits per heavy atom. The maximum Gasteiger partial charge on any atom is 0.288 e. The number of halogens is 1. The van der Waals surface area contributed by atoms with Gasteiger partial charge in [-0.05, 0) is 22.9 Å². The van der Waals surface area contributed by atoms with Gasteiger partial charge in [-0.25, -0.2) is 9.66 Å². The van der Waals surface area contributed by atoms with E-state index >= 15 is 0 Å². The second kappa shape index (κ2) is 6.65. The zero-order valence-electron chi connectivity index (χ0n) is 12.6. The van der Waals surface area contributed by atoms with Gasteiger partial charge < -0.3 is 15.2 Å². The fourth-order valence-corrected chi connectivity index (χ4v) is 2.49. The average Bonchev–Trinajstić information content (AvgIpc) is 2.82. The van der Waals surface area contributed by atoms with Crippen LogP contribution in [-0.2, 0) is 0 Å². The van der Waals surface area contributed by atoms with Crippen molar-refractivity contribution < 1.29 is 14.4 Å². The number of nitro benzene ring substituents is 1. The summed E-state index contributed by atoms with van der Waals surface area (Å²) in [6.45, 7) is 1.77. The zero-order valence-corrected chi connectivity index (χ0v) is 14.2. The summed E-state index contributed by atoms with van der Waals surface area (Å²) in [5.74, 6) is 0.731. The normalized spacial score (nSPS) is 11.0. The topological polar surface area (TPSA) is 118 Å². The molecular weight excluding hydrogens is 370 g/mol. The molecule has 1 aromatic heterocycles. The molecule has 2 aromatic rings. The molecule has 2 rings (SSSR count). The molecule has 0 amide bonds. The molecule has 0 bridgehead atoms. The van der Waals surface area contributed by atoms with Crippen molar-refractivity contribution in [2.75, 3.05) is 20.0 Å². The van der Waals surface area contributed by atoms with Gasteiger partial charge in [-0.3, -0.25) is 10.1 Å². The summed E-state index contributed by atoms with van der Waals surface area (Å²) in [7, 11) is 2.83. The van der Waals surface area contributed by atoms with E-state index in [1.807, 2.05) is 0 Å². The summed E-state index contributed by atoms with van der Waals surface area (Å²) in [5, 5.41) is 15.3. The van der Waals surface area contributed by atoms with Crippen molar-refractivity contribution in [2.24, 2.45) is 5.10 Å². The standard InChI is InChI=1S/C13H14BrN5O4/c1-7-6-18(13(15)17-7)16-5-8-11(14)9(19(20)21)4-10(22-2)12(8)23-3/h4-6H,1-3H3,(H2,15,17). The molecule has 0 aliphatic heterocycles. The van der Waals surface area contributed by atoms with Crippen LogP contribution in [0.25, 0.3) is 0 Å². The minimum Gasteiger partial charge on any atom is -0.493 e. The van der Waals surface area contributed by atoms with E-state index in [9.17, 15) is 10.1 Å². The summed E-state index contributed by atoms with van der Waals surface area (Å²) in [6, 6.07) is 1.27. The van der Waals surface area contributed by atoms with E-state index in [2.05, 4.69) is 26.0 Å². The lowest BCUT2D eigenvalue weighted by Gasteiger charge is -2.12. The summed E-state index contributed by atoms with van der Waals surface area (Å²) in [6.07, 6.45) is 3.01. The van der Waals surface area contributed by atoms with Gasteiger partial charge in [0.1, 0.15) is 4.47 Å². The van der Waals surface area contributed by atoms with Crippen molar-refractivity contribution in [3.8, 4) is 11.5 Å². The number of nitrogens with zero attached hydrogens (tertiary/aromatic N) is 4. The highest BCUT2D eigenvalue weighted by molar-refractivity contribution is 9.10. The number of nitrogens with two attached hydrogens (primary N) is 1. The molecule has 0 aliphatic carbocycles. The van der Waals surface area contributed by atoms with Crippen LogP contribution in [0.2, 0.25) is 0 Å². The minimum atomic E-state index is -0.529. The van der Waals surface area contributed by atoms with Crippen molar-refractivity contribution in [3.63, 3.8) is 0 Å². The van der Waals surface area contributed by atoms with E-state index in [1.54, 1.807) is 13.1 Å². The molecule has 23 heavy (non-hydrogen) atoms. The van der Waals surface area contributed by atoms with Crippen LogP contribution in [0.1, 0.15) is 11.3 Å². The maximum atomic E-state index is 11.2. The largest absolute Gasteiger partial charge is 0.493 e. The van der Waals surface area contributed by atoms with Crippen molar-refractivity contribution in [1.29, 1.82) is 0 Å². The van der Waals surface area contributed by atoms with Gasteiger partial charge in [0.15, 0.2) is 11.5 Å². The molecule has 122 valence electrons. The highest BCUT2D eigenvalue weighted by Gasteiger charge is 2.23. The third kappa shape index (κ3) is 3.26. The molecule has 0 saturated heterocycles. The first-order valence-corrected chi connectivity index (χ1v) is 7.13. The lowest BCUT2D eigenvalue weighted by atomic mass is 10.1. The number of hydrogen-bond acceptors (Lipinski definition) is 7. The summed E-state index contributed by atoms with van der Waals surface area (Å²) in [4.78, 5) is 14.7. The average molecular weight is 384 g/mol. The molecule has 1 aromatic carbocycles. The van der Waals surface area contributed by atoms with E-state index in [1.165, 1.54) is 31.2 Å². The Morgan fingerprint density at radius 2 is 2.17 bits per heavy atom. The molecule has 0 atom stereocenters. The molecular formula is C13H14BrN5O4. The maximum absolute atomic E-state index is 11.2. The van der Waals surface area contributed by atoms with Gasteiger partial charge in [0, 0.05) is 0 Å². The van der Waals surface area contributed by atoms with Gasteiger partial charge in [-0.1, -0.05) is 0 Å². The molecule has 0 unspecified atom stereocenters. The number of anilines is 1. The lowest BCUT2D eigenvalue weighted by molar-refractivity contribution is -0.385. The van der Waals surface area contributed by atoms with Crippen molar-refractivity contribution >= 4 is 33.8 Å². The summed E-state index contributed by atoms with van der Waals surface area (Å²) >= 11 is 3.21. The molecule has 0 radical (unpaired) electrons. The molecule has 9 nitrogen and oxygen atoms in total. The van der Waals surface area contributed by atoms with E-state index in [0.29, 0.717) is 17.0 Å². The number of hydrogen-bond donors (Lipinski definition) is 1. The molecule has 1 heterocycles. The number of benzene rings is 1. The van der Waals surface area contributed by atoms with Crippen LogP contribution in [0.5, 0.6) is 11.5 Å². The Balaban J connectivity index is 2.61. The Bertz CT molecular complexity index is 787. The fraction of sp³-hybridized carbons (Fsp3) is 0.231. The number of rotatable bonds is 5. The lowest BCUT2D eigenvalue weighted by Crippen LogP contribution is -2.02. The number of nitro groups is 1. The van der Waals surface area contributed by atoms with Gasteiger partial charge >= 0.3 is 0 Å². The number of aromatic nitrogens is 2. The number of nitrogen functional groups attached to an aromatic ring is 1. The van der Waals surface area contributed by atoms with Crippen molar-refractivity contribution in [2.45, 2.75) is 6.92 Å². The van der Waals surface area contributed by atoms with Crippen LogP contribution in [-0.4, -0.2) is 35.0 Å². The molecule has 0 fully saturated rings. The van der Waals surface area contributed by atoms with E-state index < -0.39 is 4.92 Å². The number of aryl methyl sites for hydroxylation is 1. The molecule has 0 aliphatic rings. The van der Waals surface area contributed by atoms with E-state index in [-0.39, 0.29) is 21.9 Å². The van der Waals surface area contributed by atoms with Crippen LogP contribution >= 0.6 is 15.9 Å². The Kier molecular flexibility index (Phi) is 4.84. The number of imidazole rings is 1. The molecule has 2 N–H and O–H groups in total. The predicted octanol–water partition coefficient (Wildman–Crippen LogP) is 2.34. The quantitative estimate of drug-likeness (QED) is 0.480. The first-order valence-electron chi connectivity index (χ1n) is 6.33. The zero-order chi connectivity index (χ0) is 17.1. The number of methoxy groups -OCH3 is 2. The van der Waals surface area contributed by atoms with Gasteiger partial charge in [0.05, 0.1) is 48.9 Å². The van der Waals surface area contributed by atoms with Gasteiger partial charge in [0.25, 0.3) is 5.69 Å². The number of ether oxygens (including phenoxy) is 2. The highest BCUT2D eigenvalue weighted by atomic mass is 79.9. The van der Waals surface area contributed by atoms with Crippen molar-refractivity contribution in [3.05, 3.63) is 38.1 Å². The Labute approximate surface area is 140 Å². The second-order valence-corrected chi connectivity index (χ2v) is 5.24. The highest BCUT2D eigenvalue weighted by Crippen LogP contribution is 2.41. The van der Waals surface area contributed by atoms with Crippen LogP contribution in [0, 0.1) is 17.0 Å². The first kappa shape index (κ1) is 16.7. The van der Waals surface area contributed by atoms with Crippen LogP contribution in [0.3, 0.4) is 0 Å². The van der Waals surface area contributed by atoms with Crippen LogP contribution < -0.4 is 15.2 Å². The third-order valence-electron chi connectivity index (χ3n) is 2.96. The Morgan fingerprint density at radius 3 is 2.65 bits per heavy atom. The second-order valence-electron chi connectivity index (χ2n) is 4.45. The first-order chi connectivity index (χ1) is 10.9.